The van der Waals surface area contributed by atoms with E-state index in [1.165, 1.54) is 7.11 Å². The molecule has 0 radical (unpaired) electrons. The summed E-state index contributed by atoms with van der Waals surface area (Å²) in [6.07, 6.45) is 1.61. The molecular weight excluding hydrogens is 188 g/mol. The van der Waals surface area contributed by atoms with Crippen molar-refractivity contribution in [2.24, 2.45) is 0 Å². The van der Waals surface area contributed by atoms with Crippen LogP contribution < -0.4 is 0 Å². The summed E-state index contributed by atoms with van der Waals surface area (Å²) in [4.78, 5) is 11.7. The molecule has 0 aliphatic rings. The molecule has 1 rings (SSSR count). The van der Waals surface area contributed by atoms with Crippen LogP contribution in [-0.2, 0) is 14.9 Å². The number of carbonyl (C=O) groups excluding carboxylic acids is 1. The lowest BCUT2D eigenvalue weighted by molar-refractivity contribution is -0.145. The molecule has 0 aliphatic heterocycles. The van der Waals surface area contributed by atoms with E-state index in [1.54, 1.807) is 13.0 Å². The van der Waals surface area contributed by atoms with E-state index in [2.05, 4.69) is 6.58 Å². The normalized spacial score (nSPS) is 14.1. The molecule has 0 bridgehead atoms. The summed E-state index contributed by atoms with van der Waals surface area (Å²) in [5, 5.41) is 0. The monoisotopic (exact) mass is 204 g/mol. The molecule has 2 heteroatoms. The lowest BCUT2D eigenvalue weighted by Crippen LogP contribution is -2.31. The molecule has 0 aromatic heterocycles. The smallest absolute Gasteiger partial charge is 0.319 e. The van der Waals surface area contributed by atoms with Gasteiger partial charge in [-0.2, -0.15) is 0 Å². The van der Waals surface area contributed by atoms with Gasteiger partial charge >= 0.3 is 5.97 Å². The summed E-state index contributed by atoms with van der Waals surface area (Å²) in [5.41, 5.74) is 1.30. The van der Waals surface area contributed by atoms with Crippen LogP contribution in [0, 0.1) is 6.92 Å². The lowest BCUT2D eigenvalue weighted by Gasteiger charge is -2.23. The molecule has 1 aromatic carbocycles. The first-order valence-electron chi connectivity index (χ1n) is 4.83. The van der Waals surface area contributed by atoms with Gasteiger partial charge in [0.25, 0.3) is 0 Å². The van der Waals surface area contributed by atoms with Crippen molar-refractivity contribution in [3.05, 3.63) is 48.0 Å². The highest BCUT2D eigenvalue weighted by molar-refractivity contribution is 5.85. The third kappa shape index (κ3) is 2.09. The van der Waals surface area contributed by atoms with Crippen LogP contribution in [0.3, 0.4) is 0 Å². The predicted molar refractivity (Wildman–Crippen MR) is 60.7 cm³/mol. The Labute approximate surface area is 90.6 Å². The second-order valence-corrected chi connectivity index (χ2v) is 3.76. The Bertz CT molecular complexity index is 365. The number of aryl methyl sites for hydroxylation is 1. The zero-order valence-electron chi connectivity index (χ0n) is 9.41. The number of ether oxygens (including phenoxy) is 1. The zero-order valence-corrected chi connectivity index (χ0v) is 9.41. The highest BCUT2D eigenvalue weighted by Crippen LogP contribution is 2.26. The number of benzene rings is 1. The van der Waals surface area contributed by atoms with E-state index in [0.29, 0.717) is 0 Å². The third-order valence-corrected chi connectivity index (χ3v) is 2.67. The molecule has 0 saturated heterocycles. The van der Waals surface area contributed by atoms with Crippen molar-refractivity contribution < 1.29 is 9.53 Å². The van der Waals surface area contributed by atoms with Crippen LogP contribution in [0.25, 0.3) is 0 Å². The minimum atomic E-state index is -0.761. The summed E-state index contributed by atoms with van der Waals surface area (Å²) in [7, 11) is 1.39. The van der Waals surface area contributed by atoms with Gasteiger partial charge in [0.05, 0.1) is 7.11 Å². The minimum absolute atomic E-state index is 0.290. The summed E-state index contributed by atoms with van der Waals surface area (Å²) in [6.45, 7) is 7.51. The summed E-state index contributed by atoms with van der Waals surface area (Å²) < 4.78 is 4.78. The summed E-state index contributed by atoms with van der Waals surface area (Å²) >= 11 is 0. The molecule has 2 nitrogen and oxygen atoms in total. The largest absolute Gasteiger partial charge is 0.468 e. The van der Waals surface area contributed by atoms with Gasteiger partial charge in [-0.05, 0) is 19.4 Å². The Kier molecular flexibility index (Phi) is 3.30. The molecule has 1 aromatic rings. The Morgan fingerprint density at radius 3 is 2.33 bits per heavy atom. The van der Waals surface area contributed by atoms with Crippen molar-refractivity contribution in [3.63, 3.8) is 0 Å². The molecular formula is C13H16O2. The van der Waals surface area contributed by atoms with Crippen LogP contribution in [0.4, 0.5) is 0 Å². The number of hydrogen-bond acceptors (Lipinski definition) is 2. The highest BCUT2D eigenvalue weighted by atomic mass is 16.5. The fourth-order valence-corrected chi connectivity index (χ4v) is 1.43. The maximum absolute atomic E-state index is 11.7. The molecule has 1 atom stereocenters. The van der Waals surface area contributed by atoms with Gasteiger partial charge in [0, 0.05) is 0 Å². The van der Waals surface area contributed by atoms with E-state index < -0.39 is 5.41 Å². The van der Waals surface area contributed by atoms with Gasteiger partial charge in [0.2, 0.25) is 0 Å². The maximum Gasteiger partial charge on any atom is 0.319 e. The van der Waals surface area contributed by atoms with E-state index >= 15 is 0 Å². The quantitative estimate of drug-likeness (QED) is 0.559. The first-order chi connectivity index (χ1) is 7.04. The molecule has 0 amide bonds. The van der Waals surface area contributed by atoms with Crippen molar-refractivity contribution in [2.75, 3.05) is 7.11 Å². The number of methoxy groups -OCH3 is 1. The Balaban J connectivity index is 3.17. The number of carbonyl (C=O) groups is 1. The SMILES string of the molecule is C=C[C@](C)(C(=O)OC)c1ccc(C)cc1. The average Bonchev–Trinajstić information content (AvgIpc) is 2.27. The van der Waals surface area contributed by atoms with Gasteiger partial charge in [0.1, 0.15) is 5.41 Å². The van der Waals surface area contributed by atoms with Crippen LogP contribution in [-0.4, -0.2) is 13.1 Å². The Morgan fingerprint density at radius 2 is 1.93 bits per heavy atom. The molecule has 0 heterocycles. The molecule has 15 heavy (non-hydrogen) atoms. The van der Waals surface area contributed by atoms with Gasteiger partial charge in [-0.3, -0.25) is 4.79 Å². The fraction of sp³-hybridized carbons (Fsp3) is 0.308. The first kappa shape index (κ1) is 11.5. The molecule has 0 saturated carbocycles. The van der Waals surface area contributed by atoms with Crippen molar-refractivity contribution in [1.29, 1.82) is 0 Å². The van der Waals surface area contributed by atoms with Crippen molar-refractivity contribution in [1.82, 2.24) is 0 Å². The summed E-state index contributed by atoms with van der Waals surface area (Å²) in [6, 6.07) is 7.79. The van der Waals surface area contributed by atoms with Gasteiger partial charge < -0.3 is 4.74 Å². The minimum Gasteiger partial charge on any atom is -0.468 e. The van der Waals surface area contributed by atoms with E-state index in [-0.39, 0.29) is 5.97 Å². The van der Waals surface area contributed by atoms with Crippen LogP contribution in [0.15, 0.2) is 36.9 Å². The predicted octanol–water partition coefficient (Wildman–Crippen LogP) is 2.61. The van der Waals surface area contributed by atoms with Crippen molar-refractivity contribution in [3.8, 4) is 0 Å². The molecule has 0 fully saturated rings. The van der Waals surface area contributed by atoms with E-state index in [0.717, 1.165) is 11.1 Å². The van der Waals surface area contributed by atoms with Gasteiger partial charge in [-0.1, -0.05) is 35.9 Å². The van der Waals surface area contributed by atoms with Crippen molar-refractivity contribution >= 4 is 5.97 Å². The maximum atomic E-state index is 11.7. The topological polar surface area (TPSA) is 26.3 Å². The first-order valence-corrected chi connectivity index (χ1v) is 4.83. The second-order valence-electron chi connectivity index (χ2n) is 3.76. The zero-order chi connectivity index (χ0) is 11.5. The summed E-state index contributed by atoms with van der Waals surface area (Å²) in [5.74, 6) is -0.290. The van der Waals surface area contributed by atoms with Crippen LogP contribution in [0.1, 0.15) is 18.1 Å². The van der Waals surface area contributed by atoms with Gasteiger partial charge in [0.15, 0.2) is 0 Å². The van der Waals surface area contributed by atoms with E-state index in [1.807, 2.05) is 31.2 Å². The average molecular weight is 204 g/mol. The van der Waals surface area contributed by atoms with E-state index in [4.69, 9.17) is 4.74 Å². The third-order valence-electron chi connectivity index (χ3n) is 2.67. The number of rotatable bonds is 3. The number of esters is 1. The van der Waals surface area contributed by atoms with Crippen LogP contribution >= 0.6 is 0 Å². The Morgan fingerprint density at radius 1 is 1.40 bits per heavy atom. The highest BCUT2D eigenvalue weighted by Gasteiger charge is 2.32. The molecule has 80 valence electrons. The van der Waals surface area contributed by atoms with E-state index in [9.17, 15) is 4.79 Å². The number of hydrogen-bond donors (Lipinski definition) is 0. The van der Waals surface area contributed by atoms with Crippen LogP contribution in [0.5, 0.6) is 0 Å². The standard InChI is InChI=1S/C13H16O2/c1-5-13(3,12(14)15-4)11-8-6-10(2)7-9-11/h5-9H,1H2,2-4H3/t13-/m0/s1. The van der Waals surface area contributed by atoms with Crippen molar-refractivity contribution in [2.45, 2.75) is 19.3 Å². The fourth-order valence-electron chi connectivity index (χ4n) is 1.43. The molecule has 0 aliphatic carbocycles. The molecule has 0 spiro atoms. The van der Waals surface area contributed by atoms with Crippen LogP contribution in [0.2, 0.25) is 0 Å². The second kappa shape index (κ2) is 4.30. The Hall–Kier alpha value is -1.57. The molecule has 0 N–H and O–H groups in total. The lowest BCUT2D eigenvalue weighted by atomic mass is 9.82. The molecule has 0 unspecified atom stereocenters. The van der Waals surface area contributed by atoms with Gasteiger partial charge in [-0.15, -0.1) is 6.58 Å². The van der Waals surface area contributed by atoms with Gasteiger partial charge in [-0.25, -0.2) is 0 Å².